The number of rotatable bonds is 17. The summed E-state index contributed by atoms with van der Waals surface area (Å²) in [6.07, 6.45) is 5.47. The van der Waals surface area contributed by atoms with E-state index in [0.29, 0.717) is 47.9 Å². The van der Waals surface area contributed by atoms with Gasteiger partial charge >= 0.3 is 12.2 Å². The number of thiazole rings is 1. The Morgan fingerprint density at radius 2 is 1.70 bits per heavy atom. The average molecular weight is 841 g/mol. The lowest BCUT2D eigenvalue weighted by atomic mass is 9.61. The van der Waals surface area contributed by atoms with E-state index in [0.717, 1.165) is 36.2 Å². The second-order valence-corrected chi connectivity index (χ2v) is 19.2. The first-order chi connectivity index (χ1) is 26.1. The Balaban J connectivity index is 1.55. The molecular formula is C38H54ClFN6O8S2. The number of hydrogen-bond donors (Lipinski definition) is 3. The lowest BCUT2D eigenvalue weighted by Crippen LogP contribution is -2.46. The largest absolute Gasteiger partial charge is 0.497 e. The van der Waals surface area contributed by atoms with Crippen molar-refractivity contribution in [3.05, 3.63) is 52.4 Å². The third-order valence-corrected chi connectivity index (χ3v) is 12.2. The number of halogens is 2. The van der Waals surface area contributed by atoms with Gasteiger partial charge in [-0.2, -0.15) is 4.39 Å². The molecule has 3 aromatic rings. The van der Waals surface area contributed by atoms with E-state index in [1.807, 2.05) is 27.7 Å². The van der Waals surface area contributed by atoms with Crippen molar-refractivity contribution in [2.45, 2.75) is 109 Å². The minimum Gasteiger partial charge on any atom is -0.497 e. The summed E-state index contributed by atoms with van der Waals surface area (Å²) in [4.78, 5) is 33.4. The second-order valence-electron chi connectivity index (χ2n) is 16.0. The number of methoxy groups -OCH3 is 2. The van der Waals surface area contributed by atoms with Crippen LogP contribution in [-0.4, -0.2) is 75.1 Å². The summed E-state index contributed by atoms with van der Waals surface area (Å²) in [7, 11) is -1.44. The highest BCUT2D eigenvalue weighted by Crippen LogP contribution is 2.49. The number of hydrogen-bond acceptors (Lipinski definition) is 12. The maximum absolute atomic E-state index is 14.2. The summed E-state index contributed by atoms with van der Waals surface area (Å²) >= 11 is 7.29. The molecule has 1 aliphatic carbocycles. The first kappa shape index (κ1) is 44.6. The van der Waals surface area contributed by atoms with Crippen molar-refractivity contribution in [2.75, 3.05) is 36.9 Å². The highest BCUT2D eigenvalue weighted by molar-refractivity contribution is 7.93. The number of sulfonamides is 1. The van der Waals surface area contributed by atoms with E-state index in [4.69, 9.17) is 30.5 Å². The summed E-state index contributed by atoms with van der Waals surface area (Å²) in [5.41, 5.74) is -0.911. The van der Waals surface area contributed by atoms with Crippen LogP contribution in [0.4, 0.5) is 24.9 Å². The van der Waals surface area contributed by atoms with E-state index < -0.39 is 38.5 Å². The summed E-state index contributed by atoms with van der Waals surface area (Å²) in [5, 5.41) is 8.39. The fourth-order valence-electron chi connectivity index (χ4n) is 6.37. The molecule has 18 heteroatoms. The molecule has 0 spiro atoms. The summed E-state index contributed by atoms with van der Waals surface area (Å²) < 4.78 is 65.2. The number of carbonyl (C=O) groups excluding carboxylic acids is 2. The summed E-state index contributed by atoms with van der Waals surface area (Å²) in [6, 6.07) is 5.86. The molecule has 3 N–H and O–H groups in total. The topological polar surface area (TPSA) is 170 Å². The Labute approximate surface area is 338 Å². The summed E-state index contributed by atoms with van der Waals surface area (Å²) in [6.45, 7) is 13.2. The third kappa shape index (κ3) is 12.5. The number of nitrogens with zero attached hydrogens (tertiary/aromatic N) is 3. The Bertz CT molecular complexity index is 1930. The smallest absolute Gasteiger partial charge is 0.407 e. The molecular weight excluding hydrogens is 787 g/mol. The van der Waals surface area contributed by atoms with Crippen molar-refractivity contribution in [1.29, 1.82) is 0 Å². The first-order valence-electron chi connectivity index (χ1n) is 18.3. The lowest BCUT2D eigenvalue weighted by Gasteiger charge is -2.45. The minimum absolute atomic E-state index is 0.0322. The molecule has 0 bridgehead atoms. The number of benzene rings is 1. The van der Waals surface area contributed by atoms with Gasteiger partial charge in [0.1, 0.15) is 33.4 Å². The van der Waals surface area contributed by atoms with Crippen LogP contribution in [0.5, 0.6) is 11.5 Å². The van der Waals surface area contributed by atoms with Crippen LogP contribution in [-0.2, 0) is 26.0 Å². The molecule has 1 aromatic carbocycles. The van der Waals surface area contributed by atoms with E-state index in [1.54, 1.807) is 39.0 Å². The van der Waals surface area contributed by atoms with Crippen LogP contribution in [0.25, 0.3) is 0 Å². The van der Waals surface area contributed by atoms with Crippen LogP contribution in [0.1, 0.15) is 86.1 Å². The zero-order chi connectivity index (χ0) is 41.5. The molecule has 1 unspecified atom stereocenters. The van der Waals surface area contributed by atoms with E-state index in [9.17, 15) is 22.4 Å². The van der Waals surface area contributed by atoms with E-state index in [2.05, 4.69) is 25.9 Å². The number of pyridine rings is 1. The van der Waals surface area contributed by atoms with Gasteiger partial charge in [0.25, 0.3) is 10.0 Å². The van der Waals surface area contributed by atoms with Crippen LogP contribution in [0.15, 0.2) is 41.6 Å². The maximum atomic E-state index is 14.2. The highest BCUT2D eigenvalue weighted by atomic mass is 35.5. The van der Waals surface area contributed by atoms with Crippen LogP contribution >= 0.6 is 22.9 Å². The van der Waals surface area contributed by atoms with Crippen molar-refractivity contribution >= 4 is 56.1 Å². The van der Waals surface area contributed by atoms with Crippen molar-refractivity contribution in [3.63, 3.8) is 0 Å². The summed E-state index contributed by atoms with van der Waals surface area (Å²) in [5.74, 6) is 0.957. The fraction of sp³-hybridized carbons (Fsp3) is 0.579. The molecule has 1 saturated carbocycles. The quantitative estimate of drug-likeness (QED) is 0.120. The molecule has 0 radical (unpaired) electrons. The molecule has 56 heavy (non-hydrogen) atoms. The zero-order valence-corrected chi connectivity index (χ0v) is 35.8. The first-order valence-corrected chi connectivity index (χ1v) is 21.0. The van der Waals surface area contributed by atoms with Crippen molar-refractivity contribution in [2.24, 2.45) is 11.3 Å². The van der Waals surface area contributed by atoms with E-state index in [-0.39, 0.29) is 44.8 Å². The normalized spacial score (nSPS) is 15.1. The van der Waals surface area contributed by atoms with E-state index >= 15 is 0 Å². The Hall–Kier alpha value is -4.09. The molecule has 0 aliphatic heterocycles. The standard InChI is InChI=1S/C38H54ClFN6O8S2/c1-24(45-35(48)54-37(5,6)7)26(19-38(13-10-14-38)15-16-41-34(47)53-36(2,3)4)20-42-32-29(39)18-28(21-43-32)56(49,50)46(33-44-22-31(40)55-33)23-25-11-12-27(51-8)17-30(25)52-9/h11-12,17-18,21-22,24,26H,10,13-16,19-20,23H2,1-9H3,(H,41,47)(H,42,43)(H,45,48)/t24-,26?/m1/s1. The van der Waals surface area contributed by atoms with Gasteiger partial charge in [-0.3, -0.25) is 0 Å². The number of amides is 2. The number of aromatic nitrogens is 2. The predicted molar refractivity (Wildman–Crippen MR) is 215 cm³/mol. The molecule has 1 fully saturated rings. The average Bonchev–Trinajstić information content (AvgIpc) is 3.51. The molecule has 0 saturated heterocycles. The van der Waals surface area contributed by atoms with Crippen molar-refractivity contribution in [3.8, 4) is 11.5 Å². The minimum atomic E-state index is -4.38. The maximum Gasteiger partial charge on any atom is 0.407 e. The Morgan fingerprint density at radius 1 is 1.02 bits per heavy atom. The monoisotopic (exact) mass is 840 g/mol. The van der Waals surface area contributed by atoms with Crippen LogP contribution < -0.4 is 29.7 Å². The molecule has 2 amide bonds. The van der Waals surface area contributed by atoms with Crippen LogP contribution in [0, 0.1) is 16.5 Å². The molecule has 2 heterocycles. The van der Waals surface area contributed by atoms with Crippen LogP contribution in [0.2, 0.25) is 5.02 Å². The fourth-order valence-corrected chi connectivity index (χ4v) is 8.90. The van der Waals surface area contributed by atoms with Gasteiger partial charge in [0.2, 0.25) is 5.13 Å². The van der Waals surface area contributed by atoms with Crippen molar-refractivity contribution in [1.82, 2.24) is 20.6 Å². The Kier molecular flexibility index (Phi) is 14.7. The molecule has 2 atom stereocenters. The predicted octanol–water partition coefficient (Wildman–Crippen LogP) is 8.16. The SMILES string of the molecule is COc1ccc(CN(c2ncc(F)s2)S(=O)(=O)c2cnc(NCC(CC3(CCNC(=O)OC(C)(C)C)CCC3)[C@@H](C)NC(=O)OC(C)(C)C)c(Cl)c2)c(OC)c1. The van der Waals surface area contributed by atoms with Gasteiger partial charge < -0.3 is 34.9 Å². The number of alkyl carbamates (subject to hydrolysis) is 2. The van der Waals surface area contributed by atoms with Gasteiger partial charge in [0, 0.05) is 37.0 Å². The van der Waals surface area contributed by atoms with Gasteiger partial charge in [-0.05, 0) is 104 Å². The molecule has 14 nitrogen and oxygen atoms in total. The van der Waals surface area contributed by atoms with Gasteiger partial charge in [0.15, 0.2) is 5.13 Å². The number of carbonyl (C=O) groups is 2. The van der Waals surface area contributed by atoms with Gasteiger partial charge in [-0.25, -0.2) is 32.3 Å². The van der Waals surface area contributed by atoms with Gasteiger partial charge in [-0.15, -0.1) is 0 Å². The van der Waals surface area contributed by atoms with E-state index in [1.165, 1.54) is 26.5 Å². The molecule has 1 aliphatic rings. The third-order valence-electron chi connectivity index (χ3n) is 9.31. The number of anilines is 2. The number of nitrogens with one attached hydrogen (secondary N) is 3. The molecule has 310 valence electrons. The Morgan fingerprint density at radius 3 is 2.25 bits per heavy atom. The van der Waals surface area contributed by atoms with Crippen LogP contribution in [0.3, 0.4) is 0 Å². The zero-order valence-electron chi connectivity index (χ0n) is 33.5. The second kappa shape index (κ2) is 18.4. The van der Waals surface area contributed by atoms with Gasteiger partial charge in [-0.1, -0.05) is 29.4 Å². The molecule has 2 aromatic heterocycles. The lowest BCUT2D eigenvalue weighted by molar-refractivity contribution is 0.0404. The van der Waals surface area contributed by atoms with Crippen molar-refractivity contribution < 1.29 is 41.3 Å². The molecule has 4 rings (SSSR count). The highest BCUT2D eigenvalue weighted by Gasteiger charge is 2.40. The number of ether oxygens (including phenoxy) is 4. The van der Waals surface area contributed by atoms with Gasteiger partial charge in [0.05, 0.1) is 32.0 Å².